The van der Waals surface area contributed by atoms with Crippen LogP contribution in [0.5, 0.6) is 0 Å². The van der Waals surface area contributed by atoms with Gasteiger partial charge < -0.3 is 9.73 Å². The van der Waals surface area contributed by atoms with Crippen molar-refractivity contribution < 1.29 is 9.21 Å². The number of furan rings is 1. The first kappa shape index (κ1) is 15.1. The quantitative estimate of drug-likeness (QED) is 0.586. The average molecular weight is 338 g/mol. The van der Waals surface area contributed by atoms with E-state index in [2.05, 4.69) is 20.5 Å². The number of rotatable bonds is 4. The van der Waals surface area contributed by atoms with E-state index in [-0.39, 0.29) is 24.6 Å². The van der Waals surface area contributed by atoms with Gasteiger partial charge in [0.2, 0.25) is 11.6 Å². The van der Waals surface area contributed by atoms with Crippen molar-refractivity contribution >= 4 is 22.7 Å². The van der Waals surface area contributed by atoms with Crippen LogP contribution in [-0.2, 0) is 17.9 Å². The lowest BCUT2D eigenvalue weighted by Gasteiger charge is -2.11. The zero-order valence-corrected chi connectivity index (χ0v) is 13.3. The Morgan fingerprint density at radius 1 is 1.24 bits per heavy atom. The molecule has 0 atom stereocenters. The molecule has 0 radical (unpaired) electrons. The van der Waals surface area contributed by atoms with Crippen LogP contribution in [0.3, 0.4) is 0 Å². The Bertz CT molecular complexity index is 1130. The Kier molecular flexibility index (Phi) is 3.53. The molecule has 0 aromatic carbocycles. The highest BCUT2D eigenvalue weighted by Crippen LogP contribution is 2.12. The van der Waals surface area contributed by atoms with Gasteiger partial charge >= 0.3 is 0 Å². The standard InChI is InChI=1S/C16H14N6O3/c1-10-19-20-15-16(24)21(12-5-2-6-17-14(12)22(10)15)9-13(23)18-8-11-4-3-7-25-11/h2-7H,8-9H2,1H3,(H,18,23). The summed E-state index contributed by atoms with van der Waals surface area (Å²) in [6, 6.07) is 6.95. The van der Waals surface area contributed by atoms with E-state index in [1.807, 2.05) is 0 Å². The second kappa shape index (κ2) is 5.86. The van der Waals surface area contributed by atoms with Gasteiger partial charge in [0.15, 0.2) is 5.65 Å². The lowest BCUT2D eigenvalue weighted by atomic mass is 10.3. The molecule has 126 valence electrons. The van der Waals surface area contributed by atoms with E-state index in [9.17, 15) is 9.59 Å². The van der Waals surface area contributed by atoms with Crippen molar-refractivity contribution in [2.24, 2.45) is 0 Å². The second-order valence-corrected chi connectivity index (χ2v) is 5.50. The van der Waals surface area contributed by atoms with Crippen molar-refractivity contribution in [3.8, 4) is 0 Å². The predicted molar refractivity (Wildman–Crippen MR) is 87.8 cm³/mol. The molecule has 0 fully saturated rings. The highest BCUT2D eigenvalue weighted by molar-refractivity contribution is 5.80. The SMILES string of the molecule is Cc1nnc2c(=O)n(CC(=O)NCc3ccco3)c3cccnc3n12. The minimum Gasteiger partial charge on any atom is -0.467 e. The fourth-order valence-electron chi connectivity index (χ4n) is 2.71. The minimum atomic E-state index is -0.394. The summed E-state index contributed by atoms with van der Waals surface area (Å²) in [4.78, 5) is 29.3. The maximum atomic E-state index is 12.7. The number of carbonyl (C=O) groups excluding carboxylic acids is 1. The molecule has 0 saturated heterocycles. The van der Waals surface area contributed by atoms with Crippen LogP contribution < -0.4 is 10.9 Å². The monoisotopic (exact) mass is 338 g/mol. The molecule has 4 heterocycles. The van der Waals surface area contributed by atoms with E-state index in [0.717, 1.165) is 0 Å². The largest absolute Gasteiger partial charge is 0.467 e. The third-order valence-electron chi connectivity index (χ3n) is 3.87. The van der Waals surface area contributed by atoms with E-state index in [4.69, 9.17) is 4.42 Å². The van der Waals surface area contributed by atoms with E-state index in [0.29, 0.717) is 22.7 Å². The maximum absolute atomic E-state index is 12.7. The lowest BCUT2D eigenvalue weighted by molar-refractivity contribution is -0.121. The molecule has 0 aliphatic rings. The molecular weight excluding hydrogens is 324 g/mol. The molecule has 1 N–H and O–H groups in total. The summed E-state index contributed by atoms with van der Waals surface area (Å²) in [7, 11) is 0. The van der Waals surface area contributed by atoms with Crippen molar-refractivity contribution in [2.45, 2.75) is 20.0 Å². The highest BCUT2D eigenvalue weighted by Gasteiger charge is 2.17. The van der Waals surface area contributed by atoms with Gasteiger partial charge in [-0.05, 0) is 31.2 Å². The minimum absolute atomic E-state index is 0.141. The van der Waals surface area contributed by atoms with E-state index in [1.165, 1.54) is 10.8 Å². The zero-order valence-electron chi connectivity index (χ0n) is 13.3. The molecule has 0 unspecified atom stereocenters. The molecule has 25 heavy (non-hydrogen) atoms. The molecule has 9 nitrogen and oxygen atoms in total. The molecule has 0 aliphatic carbocycles. The third kappa shape index (κ3) is 2.55. The molecule has 0 saturated carbocycles. The molecule has 0 spiro atoms. The zero-order chi connectivity index (χ0) is 17.4. The van der Waals surface area contributed by atoms with E-state index < -0.39 is 5.56 Å². The molecular formula is C16H14N6O3. The fourth-order valence-corrected chi connectivity index (χ4v) is 2.71. The Morgan fingerprint density at radius 2 is 2.12 bits per heavy atom. The highest BCUT2D eigenvalue weighted by atomic mass is 16.3. The average Bonchev–Trinajstić information content (AvgIpc) is 3.27. The van der Waals surface area contributed by atoms with Gasteiger partial charge in [0.05, 0.1) is 18.3 Å². The number of aryl methyl sites for hydroxylation is 1. The molecule has 4 rings (SSSR count). The number of aromatic nitrogens is 5. The van der Waals surface area contributed by atoms with Crippen molar-refractivity contribution in [3.63, 3.8) is 0 Å². The number of amides is 1. The molecule has 4 aromatic heterocycles. The first-order chi connectivity index (χ1) is 12.1. The number of fused-ring (bicyclic) bond motifs is 3. The first-order valence-electron chi connectivity index (χ1n) is 7.63. The molecule has 9 heteroatoms. The smallest absolute Gasteiger partial charge is 0.297 e. The normalized spacial score (nSPS) is 11.2. The van der Waals surface area contributed by atoms with Gasteiger partial charge in [0.1, 0.15) is 18.1 Å². The van der Waals surface area contributed by atoms with E-state index >= 15 is 0 Å². The molecule has 0 bridgehead atoms. The van der Waals surface area contributed by atoms with Crippen LogP contribution in [0.1, 0.15) is 11.6 Å². The summed E-state index contributed by atoms with van der Waals surface area (Å²) in [5.41, 5.74) is 0.811. The number of nitrogens with zero attached hydrogens (tertiary/aromatic N) is 5. The summed E-state index contributed by atoms with van der Waals surface area (Å²) in [6.45, 7) is 1.85. The number of pyridine rings is 1. The van der Waals surface area contributed by atoms with Crippen molar-refractivity contribution in [1.29, 1.82) is 0 Å². The summed E-state index contributed by atoms with van der Waals surface area (Å²) in [5, 5.41) is 10.6. The summed E-state index contributed by atoms with van der Waals surface area (Å²) >= 11 is 0. The number of carbonyl (C=O) groups is 1. The number of hydrogen-bond donors (Lipinski definition) is 1. The summed E-state index contributed by atoms with van der Waals surface area (Å²) < 4.78 is 8.12. The Hall–Kier alpha value is -3.49. The van der Waals surface area contributed by atoms with Gasteiger partial charge in [-0.15, -0.1) is 10.2 Å². The first-order valence-corrected chi connectivity index (χ1v) is 7.63. The van der Waals surface area contributed by atoms with Crippen LogP contribution >= 0.6 is 0 Å². The Labute approximate surface area is 140 Å². The topological polar surface area (TPSA) is 107 Å². The Balaban J connectivity index is 1.74. The van der Waals surface area contributed by atoms with Crippen molar-refractivity contribution in [1.82, 2.24) is 29.5 Å². The van der Waals surface area contributed by atoms with E-state index in [1.54, 1.807) is 41.8 Å². The number of nitrogens with one attached hydrogen (secondary N) is 1. The molecule has 4 aromatic rings. The fraction of sp³-hybridized carbons (Fsp3) is 0.188. The van der Waals surface area contributed by atoms with Gasteiger partial charge in [-0.1, -0.05) is 0 Å². The van der Waals surface area contributed by atoms with Crippen LogP contribution in [0, 0.1) is 6.92 Å². The van der Waals surface area contributed by atoms with Crippen LogP contribution in [-0.4, -0.2) is 30.1 Å². The van der Waals surface area contributed by atoms with Gasteiger partial charge in [-0.25, -0.2) is 4.98 Å². The molecule has 1 amide bonds. The third-order valence-corrected chi connectivity index (χ3v) is 3.87. The predicted octanol–water partition coefficient (Wildman–Crippen LogP) is 0.657. The van der Waals surface area contributed by atoms with Gasteiger partial charge in [-0.2, -0.15) is 0 Å². The van der Waals surface area contributed by atoms with Crippen molar-refractivity contribution in [3.05, 3.63) is 58.7 Å². The van der Waals surface area contributed by atoms with Crippen LogP contribution in [0.4, 0.5) is 0 Å². The summed E-state index contributed by atoms with van der Waals surface area (Å²) in [6.07, 6.45) is 3.15. The van der Waals surface area contributed by atoms with Crippen LogP contribution in [0.15, 0.2) is 45.9 Å². The Morgan fingerprint density at radius 3 is 2.92 bits per heavy atom. The number of hydrogen-bond acceptors (Lipinski definition) is 6. The summed E-state index contributed by atoms with van der Waals surface area (Å²) in [5.74, 6) is 0.880. The van der Waals surface area contributed by atoms with Gasteiger partial charge in [-0.3, -0.25) is 18.6 Å². The van der Waals surface area contributed by atoms with Gasteiger partial charge in [0, 0.05) is 6.20 Å². The van der Waals surface area contributed by atoms with Crippen LogP contribution in [0.25, 0.3) is 16.8 Å². The molecule has 0 aliphatic heterocycles. The van der Waals surface area contributed by atoms with Gasteiger partial charge in [0.25, 0.3) is 5.56 Å². The second-order valence-electron chi connectivity index (χ2n) is 5.50. The lowest BCUT2D eigenvalue weighted by Crippen LogP contribution is -2.33. The van der Waals surface area contributed by atoms with Crippen molar-refractivity contribution in [2.75, 3.05) is 0 Å². The maximum Gasteiger partial charge on any atom is 0.297 e. The van der Waals surface area contributed by atoms with Crippen LogP contribution in [0.2, 0.25) is 0 Å².